The van der Waals surface area contributed by atoms with Crippen molar-refractivity contribution in [3.05, 3.63) is 24.2 Å². The van der Waals surface area contributed by atoms with E-state index in [2.05, 4.69) is 15.7 Å². The lowest BCUT2D eigenvalue weighted by atomic mass is 10.0. The molecule has 2 atom stereocenters. The van der Waals surface area contributed by atoms with E-state index in [1.807, 2.05) is 6.92 Å². The number of ketones is 1. The molecular formula is C17H24O9. The van der Waals surface area contributed by atoms with Gasteiger partial charge in [0.15, 0.2) is 6.26 Å². The highest BCUT2D eigenvalue weighted by Crippen LogP contribution is 2.18. The van der Waals surface area contributed by atoms with Gasteiger partial charge in [0.2, 0.25) is 18.4 Å². The summed E-state index contributed by atoms with van der Waals surface area (Å²) in [5, 5.41) is 0. The van der Waals surface area contributed by atoms with E-state index >= 15 is 0 Å². The molecule has 146 valence electrons. The zero-order valence-electron chi connectivity index (χ0n) is 15.5. The van der Waals surface area contributed by atoms with Gasteiger partial charge in [-0.25, -0.2) is 9.59 Å². The molecule has 2 unspecified atom stereocenters. The van der Waals surface area contributed by atoms with Gasteiger partial charge in [-0.05, 0) is 34.1 Å². The van der Waals surface area contributed by atoms with Crippen LogP contribution in [0.25, 0.3) is 0 Å². The summed E-state index contributed by atoms with van der Waals surface area (Å²) in [4.78, 5) is 35.3. The molecule has 0 amide bonds. The van der Waals surface area contributed by atoms with Crippen molar-refractivity contribution in [1.82, 2.24) is 0 Å². The summed E-state index contributed by atoms with van der Waals surface area (Å²) < 4.78 is 28.9. The summed E-state index contributed by atoms with van der Waals surface area (Å²) >= 11 is 0. The minimum absolute atomic E-state index is 0.158. The zero-order valence-corrected chi connectivity index (χ0v) is 15.5. The van der Waals surface area contributed by atoms with Crippen LogP contribution in [0.15, 0.2) is 27.6 Å². The Bertz CT molecular complexity index is 628. The Kier molecular flexibility index (Phi) is 7.63. The van der Waals surface area contributed by atoms with E-state index in [9.17, 15) is 14.4 Å². The van der Waals surface area contributed by atoms with Crippen LogP contribution in [-0.4, -0.2) is 36.1 Å². The van der Waals surface area contributed by atoms with E-state index in [4.69, 9.17) is 18.9 Å². The van der Waals surface area contributed by atoms with Gasteiger partial charge in [-0.2, -0.15) is 0 Å². The van der Waals surface area contributed by atoms with Crippen LogP contribution in [-0.2, 0) is 23.7 Å². The maximum Gasteiger partial charge on any atom is 0.511 e. The largest absolute Gasteiger partial charge is 0.511 e. The van der Waals surface area contributed by atoms with Crippen LogP contribution in [0.2, 0.25) is 0 Å². The van der Waals surface area contributed by atoms with E-state index in [1.165, 1.54) is 13.8 Å². The molecule has 9 nitrogen and oxygen atoms in total. The Morgan fingerprint density at radius 2 is 1.77 bits per heavy atom. The number of esters is 1. The summed E-state index contributed by atoms with van der Waals surface area (Å²) in [6, 6.07) is 0. The van der Waals surface area contributed by atoms with Crippen molar-refractivity contribution in [2.75, 3.05) is 0 Å². The second kappa shape index (κ2) is 9.23. The maximum atomic E-state index is 11.8. The highest BCUT2D eigenvalue weighted by atomic mass is 17.0. The smallest absolute Gasteiger partial charge is 0.432 e. The molecule has 0 N–H and O–H groups in total. The molecule has 9 heteroatoms. The number of carbonyl (C=O) groups is 3. The number of rotatable bonds is 10. The summed E-state index contributed by atoms with van der Waals surface area (Å²) in [6.45, 7) is 11.7. The molecule has 0 radical (unpaired) electrons. The standard InChI is InChI=1S/C17H24O9/c1-7-8-17(5,6)25-16(20)24-12(4)22-11(3)23-15(19)10(2)14(18)13-9-21-26-13/h9,11-12H,2,7-8H2,1,3-6H3. The Morgan fingerprint density at radius 3 is 2.27 bits per heavy atom. The quantitative estimate of drug-likeness (QED) is 0.115. The molecule has 1 heterocycles. The van der Waals surface area contributed by atoms with E-state index in [-0.39, 0.29) is 5.76 Å². The molecule has 0 saturated heterocycles. The number of hydrogen-bond acceptors (Lipinski definition) is 9. The third-order valence-corrected chi connectivity index (χ3v) is 3.17. The molecule has 0 aliphatic carbocycles. The van der Waals surface area contributed by atoms with Gasteiger partial charge in [-0.1, -0.05) is 19.9 Å². The van der Waals surface area contributed by atoms with Gasteiger partial charge in [-0.15, -0.1) is 0 Å². The van der Waals surface area contributed by atoms with Crippen LogP contribution in [0.3, 0.4) is 0 Å². The average molecular weight is 372 g/mol. The van der Waals surface area contributed by atoms with Crippen LogP contribution in [0.4, 0.5) is 4.79 Å². The lowest BCUT2D eigenvalue weighted by molar-refractivity contribution is -0.218. The van der Waals surface area contributed by atoms with E-state index < -0.39 is 41.7 Å². The van der Waals surface area contributed by atoms with Gasteiger partial charge in [0, 0.05) is 0 Å². The summed E-state index contributed by atoms with van der Waals surface area (Å²) in [5.74, 6) is -1.92. The number of hydrogen-bond donors (Lipinski definition) is 0. The van der Waals surface area contributed by atoms with E-state index in [0.29, 0.717) is 6.42 Å². The molecule has 0 fully saturated rings. The fourth-order valence-electron chi connectivity index (χ4n) is 2.01. The van der Waals surface area contributed by atoms with Crippen molar-refractivity contribution in [2.24, 2.45) is 0 Å². The minimum Gasteiger partial charge on any atom is -0.432 e. The van der Waals surface area contributed by atoms with Crippen LogP contribution in [0.1, 0.15) is 58.0 Å². The van der Waals surface area contributed by atoms with Crippen molar-refractivity contribution < 1.29 is 42.5 Å². The first-order valence-electron chi connectivity index (χ1n) is 8.09. The predicted octanol–water partition coefficient (Wildman–Crippen LogP) is 3.60. The molecule has 0 aliphatic heterocycles. The monoisotopic (exact) mass is 372 g/mol. The maximum absolute atomic E-state index is 11.8. The summed E-state index contributed by atoms with van der Waals surface area (Å²) in [6.07, 6.45) is -0.503. The van der Waals surface area contributed by atoms with E-state index in [1.54, 1.807) is 13.8 Å². The fourth-order valence-corrected chi connectivity index (χ4v) is 2.01. The first kappa shape index (κ1) is 21.5. The number of Topliss-reactive ketones (excluding diaryl/α,β-unsaturated/α-hetero) is 1. The molecule has 0 aliphatic rings. The average Bonchev–Trinajstić information content (AvgIpc) is 2.42. The van der Waals surface area contributed by atoms with Gasteiger partial charge >= 0.3 is 12.1 Å². The third-order valence-electron chi connectivity index (χ3n) is 3.17. The molecule has 0 saturated carbocycles. The third kappa shape index (κ3) is 6.75. The molecule has 26 heavy (non-hydrogen) atoms. The predicted molar refractivity (Wildman–Crippen MR) is 87.1 cm³/mol. The van der Waals surface area contributed by atoms with Crippen molar-refractivity contribution in [3.63, 3.8) is 0 Å². The van der Waals surface area contributed by atoms with Gasteiger partial charge in [0.05, 0.1) is 0 Å². The molecule has 1 aromatic rings. The van der Waals surface area contributed by atoms with Crippen molar-refractivity contribution in [2.45, 2.75) is 65.6 Å². The van der Waals surface area contributed by atoms with Gasteiger partial charge < -0.3 is 18.9 Å². The first-order valence-corrected chi connectivity index (χ1v) is 8.09. The van der Waals surface area contributed by atoms with Crippen LogP contribution < -0.4 is 0 Å². The summed E-state index contributed by atoms with van der Waals surface area (Å²) in [5.41, 5.74) is -1.12. The van der Waals surface area contributed by atoms with Crippen molar-refractivity contribution >= 4 is 17.9 Å². The highest BCUT2D eigenvalue weighted by molar-refractivity contribution is 6.22. The van der Waals surface area contributed by atoms with E-state index in [0.717, 1.165) is 12.7 Å². The minimum atomic E-state index is -1.11. The number of carbonyl (C=O) groups excluding carboxylic acids is 3. The van der Waals surface area contributed by atoms with Crippen LogP contribution in [0.5, 0.6) is 0 Å². The van der Waals surface area contributed by atoms with Crippen molar-refractivity contribution in [3.8, 4) is 0 Å². The molecule has 0 aromatic carbocycles. The first-order chi connectivity index (χ1) is 12.1. The Balaban J connectivity index is 2.41. The molecule has 0 spiro atoms. The van der Waals surface area contributed by atoms with Gasteiger partial charge in [0.25, 0.3) is 5.76 Å². The van der Waals surface area contributed by atoms with Gasteiger partial charge in [0.1, 0.15) is 11.2 Å². The second-order valence-corrected chi connectivity index (χ2v) is 6.13. The lowest BCUT2D eigenvalue weighted by Gasteiger charge is -2.25. The Morgan fingerprint density at radius 1 is 1.19 bits per heavy atom. The molecule has 0 bridgehead atoms. The van der Waals surface area contributed by atoms with Crippen LogP contribution in [0, 0.1) is 0 Å². The molecular weight excluding hydrogens is 348 g/mol. The number of ether oxygens (including phenoxy) is 4. The SMILES string of the molecule is C=C(C(=O)OC(C)OC(C)OC(=O)OC(C)(C)CCC)C(=O)c1coo1. The van der Waals surface area contributed by atoms with Crippen molar-refractivity contribution in [1.29, 1.82) is 0 Å². The molecule has 1 rings (SSSR count). The Labute approximate surface area is 151 Å². The normalized spacial score (nSPS) is 13.6. The topological polar surface area (TPSA) is 114 Å². The Hall–Kier alpha value is -2.55. The van der Waals surface area contributed by atoms with Crippen LogP contribution >= 0.6 is 0 Å². The highest BCUT2D eigenvalue weighted by Gasteiger charge is 2.27. The zero-order chi connectivity index (χ0) is 19.9. The summed E-state index contributed by atoms with van der Waals surface area (Å²) in [7, 11) is 0. The fraction of sp³-hybridized carbons (Fsp3) is 0.588. The second-order valence-electron chi connectivity index (χ2n) is 6.13. The lowest BCUT2D eigenvalue weighted by Crippen LogP contribution is -2.32. The molecule has 1 aromatic heterocycles. The van der Waals surface area contributed by atoms with Gasteiger partial charge in [-0.3, -0.25) is 13.9 Å².